The van der Waals surface area contributed by atoms with E-state index in [9.17, 15) is 4.79 Å². The van der Waals surface area contributed by atoms with E-state index < -0.39 is 0 Å². The Labute approximate surface area is 144 Å². The molecule has 1 fully saturated rings. The van der Waals surface area contributed by atoms with Gasteiger partial charge in [-0.3, -0.25) is 4.79 Å². The highest BCUT2D eigenvalue weighted by Gasteiger charge is 2.23. The maximum Gasteiger partial charge on any atom is 0.221 e. The molecule has 0 radical (unpaired) electrons. The lowest BCUT2D eigenvalue weighted by Crippen LogP contribution is -2.40. The number of hydrogen-bond acceptors (Lipinski definition) is 2. The van der Waals surface area contributed by atoms with Gasteiger partial charge < -0.3 is 11.1 Å². The minimum Gasteiger partial charge on any atom is -0.353 e. The Balaban J connectivity index is 1.69. The van der Waals surface area contributed by atoms with Gasteiger partial charge in [-0.15, -0.1) is 0 Å². The van der Waals surface area contributed by atoms with Gasteiger partial charge in [0.1, 0.15) is 0 Å². The molecular formula is C21H26N2O. The van der Waals surface area contributed by atoms with Crippen molar-refractivity contribution in [2.24, 2.45) is 5.73 Å². The molecule has 1 aliphatic carbocycles. The lowest BCUT2D eigenvalue weighted by Gasteiger charge is -2.27. The van der Waals surface area contributed by atoms with Crippen molar-refractivity contribution in [2.45, 2.75) is 50.1 Å². The molecule has 3 N–H and O–H groups in total. The zero-order valence-electron chi connectivity index (χ0n) is 14.0. The fourth-order valence-corrected chi connectivity index (χ4v) is 3.53. The number of carbonyl (C=O) groups excluding carboxylic acids is 1. The van der Waals surface area contributed by atoms with Crippen LogP contribution < -0.4 is 11.1 Å². The van der Waals surface area contributed by atoms with Gasteiger partial charge in [0.05, 0.1) is 0 Å². The predicted octanol–water partition coefficient (Wildman–Crippen LogP) is 3.59. The van der Waals surface area contributed by atoms with Gasteiger partial charge in [0.25, 0.3) is 0 Å². The molecule has 3 heteroatoms. The summed E-state index contributed by atoms with van der Waals surface area (Å²) in [5.74, 6) is 0.228. The molecule has 0 saturated heterocycles. The number of nitrogens with two attached hydrogens (primary N) is 1. The van der Waals surface area contributed by atoms with Crippen molar-refractivity contribution in [3.63, 3.8) is 0 Å². The van der Waals surface area contributed by atoms with Crippen molar-refractivity contribution in [1.82, 2.24) is 5.32 Å². The molecule has 126 valence electrons. The van der Waals surface area contributed by atoms with Crippen LogP contribution in [-0.2, 0) is 4.79 Å². The Morgan fingerprint density at radius 1 is 0.917 bits per heavy atom. The third kappa shape index (κ3) is 4.45. The number of benzene rings is 2. The number of amides is 1. The Kier molecular flexibility index (Phi) is 5.65. The monoisotopic (exact) mass is 322 g/mol. The second-order valence-corrected chi connectivity index (χ2v) is 6.76. The Bertz CT molecular complexity index is 594. The Morgan fingerprint density at radius 3 is 1.92 bits per heavy atom. The first-order valence-electron chi connectivity index (χ1n) is 8.87. The number of hydrogen-bond donors (Lipinski definition) is 2. The highest BCUT2D eigenvalue weighted by molar-refractivity contribution is 5.78. The van der Waals surface area contributed by atoms with Crippen LogP contribution in [0.25, 0.3) is 0 Å². The van der Waals surface area contributed by atoms with E-state index in [1.54, 1.807) is 0 Å². The third-order valence-corrected chi connectivity index (χ3v) is 4.93. The Hall–Kier alpha value is -2.13. The predicted molar refractivity (Wildman–Crippen MR) is 97.7 cm³/mol. The summed E-state index contributed by atoms with van der Waals surface area (Å²) in [5, 5.41) is 3.21. The van der Waals surface area contributed by atoms with E-state index in [4.69, 9.17) is 5.73 Å². The molecule has 0 heterocycles. The average molecular weight is 322 g/mol. The average Bonchev–Trinajstić information content (AvgIpc) is 2.63. The van der Waals surface area contributed by atoms with Crippen LogP contribution in [0.4, 0.5) is 0 Å². The van der Waals surface area contributed by atoms with Crippen molar-refractivity contribution < 1.29 is 4.79 Å². The van der Waals surface area contributed by atoms with Gasteiger partial charge in [-0.1, -0.05) is 60.7 Å². The first-order valence-corrected chi connectivity index (χ1v) is 8.87. The van der Waals surface area contributed by atoms with Crippen LogP contribution in [0.5, 0.6) is 0 Å². The molecule has 0 aliphatic heterocycles. The summed E-state index contributed by atoms with van der Waals surface area (Å²) < 4.78 is 0. The van der Waals surface area contributed by atoms with Gasteiger partial charge in [-0.2, -0.15) is 0 Å². The zero-order valence-corrected chi connectivity index (χ0v) is 14.0. The fraction of sp³-hybridized carbons (Fsp3) is 0.381. The first-order chi connectivity index (χ1) is 11.7. The van der Waals surface area contributed by atoms with E-state index in [1.807, 2.05) is 36.4 Å². The molecular weight excluding hydrogens is 296 g/mol. The van der Waals surface area contributed by atoms with Gasteiger partial charge >= 0.3 is 0 Å². The number of carbonyl (C=O) groups is 1. The standard InChI is InChI=1S/C21H26N2O/c22-18-11-13-19(14-12-18)23-21(24)15-20(16-7-3-1-4-8-16)17-9-5-2-6-10-17/h1-10,18-20H,11-15,22H2,(H,23,24). The van der Waals surface area contributed by atoms with Gasteiger partial charge in [-0.25, -0.2) is 0 Å². The van der Waals surface area contributed by atoms with Crippen LogP contribution in [0.2, 0.25) is 0 Å². The van der Waals surface area contributed by atoms with E-state index in [2.05, 4.69) is 29.6 Å². The van der Waals surface area contributed by atoms with Crippen molar-refractivity contribution >= 4 is 5.91 Å². The summed E-state index contributed by atoms with van der Waals surface area (Å²) in [6.07, 6.45) is 4.48. The smallest absolute Gasteiger partial charge is 0.221 e. The van der Waals surface area contributed by atoms with Crippen LogP contribution in [0.1, 0.15) is 49.1 Å². The molecule has 0 aromatic heterocycles. The summed E-state index contributed by atoms with van der Waals surface area (Å²) >= 11 is 0. The van der Waals surface area contributed by atoms with E-state index in [0.717, 1.165) is 25.7 Å². The van der Waals surface area contributed by atoms with Crippen LogP contribution in [0.15, 0.2) is 60.7 Å². The van der Waals surface area contributed by atoms with Crippen molar-refractivity contribution in [1.29, 1.82) is 0 Å². The summed E-state index contributed by atoms with van der Waals surface area (Å²) in [7, 11) is 0. The number of nitrogens with one attached hydrogen (secondary N) is 1. The van der Waals surface area contributed by atoms with E-state index >= 15 is 0 Å². The molecule has 1 saturated carbocycles. The molecule has 0 atom stereocenters. The molecule has 1 aliphatic rings. The summed E-state index contributed by atoms with van der Waals surface area (Å²) in [4.78, 5) is 12.6. The molecule has 1 amide bonds. The van der Waals surface area contributed by atoms with Crippen molar-refractivity contribution in [3.05, 3.63) is 71.8 Å². The highest BCUT2D eigenvalue weighted by atomic mass is 16.1. The maximum atomic E-state index is 12.6. The number of rotatable bonds is 5. The Morgan fingerprint density at radius 2 is 1.42 bits per heavy atom. The van der Waals surface area contributed by atoms with Gasteiger partial charge in [-0.05, 0) is 36.8 Å². The van der Waals surface area contributed by atoms with Gasteiger partial charge in [0, 0.05) is 24.4 Å². The lowest BCUT2D eigenvalue weighted by molar-refractivity contribution is -0.122. The first kappa shape index (κ1) is 16.7. The minimum atomic E-state index is 0.0956. The largest absolute Gasteiger partial charge is 0.353 e. The van der Waals surface area contributed by atoms with E-state index in [0.29, 0.717) is 12.5 Å². The SMILES string of the molecule is NC1CCC(NC(=O)CC(c2ccccc2)c2ccccc2)CC1. The summed E-state index contributed by atoms with van der Waals surface area (Å²) in [6, 6.07) is 21.1. The van der Waals surface area contributed by atoms with E-state index in [1.165, 1.54) is 11.1 Å². The summed E-state index contributed by atoms with van der Waals surface area (Å²) in [6.45, 7) is 0. The van der Waals surface area contributed by atoms with Crippen LogP contribution in [-0.4, -0.2) is 18.0 Å². The van der Waals surface area contributed by atoms with Crippen LogP contribution in [0.3, 0.4) is 0 Å². The van der Waals surface area contributed by atoms with E-state index in [-0.39, 0.29) is 17.9 Å². The summed E-state index contributed by atoms with van der Waals surface area (Å²) in [5.41, 5.74) is 8.32. The molecule has 2 aromatic carbocycles. The second-order valence-electron chi connectivity index (χ2n) is 6.76. The van der Waals surface area contributed by atoms with Gasteiger partial charge in [0.2, 0.25) is 5.91 Å². The van der Waals surface area contributed by atoms with Gasteiger partial charge in [0.15, 0.2) is 0 Å². The fourth-order valence-electron chi connectivity index (χ4n) is 3.53. The minimum absolute atomic E-state index is 0.0956. The highest BCUT2D eigenvalue weighted by Crippen LogP contribution is 2.28. The molecule has 0 bridgehead atoms. The topological polar surface area (TPSA) is 55.1 Å². The molecule has 24 heavy (non-hydrogen) atoms. The zero-order chi connectivity index (χ0) is 16.8. The van der Waals surface area contributed by atoms with Crippen molar-refractivity contribution in [3.8, 4) is 0 Å². The maximum absolute atomic E-state index is 12.6. The molecule has 3 rings (SSSR count). The molecule has 3 nitrogen and oxygen atoms in total. The van der Waals surface area contributed by atoms with Crippen LogP contribution in [0, 0.1) is 0 Å². The molecule has 0 unspecified atom stereocenters. The lowest BCUT2D eigenvalue weighted by atomic mass is 9.87. The van der Waals surface area contributed by atoms with Crippen molar-refractivity contribution in [2.75, 3.05) is 0 Å². The second kappa shape index (κ2) is 8.11. The normalized spacial score (nSPS) is 20.8. The van der Waals surface area contributed by atoms with Crippen LogP contribution >= 0.6 is 0 Å². The quantitative estimate of drug-likeness (QED) is 0.884. The molecule has 2 aromatic rings. The molecule has 0 spiro atoms. The third-order valence-electron chi connectivity index (χ3n) is 4.93.